The molecule has 2 aliphatic heterocycles. The van der Waals surface area contributed by atoms with Gasteiger partial charge >= 0.3 is 5.97 Å². The molecule has 1 aromatic carbocycles. The fraction of sp³-hybridized carbons (Fsp3) is 0.548. The highest BCUT2D eigenvalue weighted by atomic mass is 19.1. The number of rotatable bonds is 6. The summed E-state index contributed by atoms with van der Waals surface area (Å²) in [6, 6.07) is 3.61. The molecule has 0 aliphatic carbocycles. The summed E-state index contributed by atoms with van der Waals surface area (Å²) < 4.78 is 29.5. The lowest BCUT2D eigenvalue weighted by atomic mass is 9.86. The third-order valence-electron chi connectivity index (χ3n) is 8.00. The van der Waals surface area contributed by atoms with Crippen LogP contribution in [-0.4, -0.2) is 50.8 Å². The molecule has 0 radical (unpaired) electrons. The number of pyridine rings is 1. The lowest BCUT2D eigenvalue weighted by Crippen LogP contribution is -2.29. The van der Waals surface area contributed by atoms with Gasteiger partial charge in [-0.05, 0) is 96.7 Å². The van der Waals surface area contributed by atoms with E-state index in [4.69, 9.17) is 14.5 Å². The monoisotopic (exact) mass is 537 g/mol. The minimum atomic E-state index is -1.27. The van der Waals surface area contributed by atoms with Crippen molar-refractivity contribution < 1.29 is 23.8 Å². The van der Waals surface area contributed by atoms with Crippen molar-refractivity contribution in [3.05, 3.63) is 46.0 Å². The first kappa shape index (κ1) is 27.6. The fourth-order valence-corrected chi connectivity index (χ4v) is 6.12. The molecule has 0 saturated carbocycles. The number of benzene rings is 1. The average molecular weight is 538 g/mol. The average Bonchev–Trinajstić information content (AvgIpc) is 3.19. The van der Waals surface area contributed by atoms with Crippen LogP contribution in [0.15, 0.2) is 12.1 Å². The third kappa shape index (κ3) is 5.29. The van der Waals surface area contributed by atoms with Crippen molar-refractivity contribution in [2.75, 3.05) is 19.7 Å². The van der Waals surface area contributed by atoms with Gasteiger partial charge in [0.05, 0.1) is 12.2 Å². The summed E-state index contributed by atoms with van der Waals surface area (Å²) in [6.45, 7) is 12.7. The number of halogens is 1. The molecular formula is C31H40FN3O4. The maximum absolute atomic E-state index is 15.6. The smallest absolute Gasteiger partial charge is 0.337 e. The van der Waals surface area contributed by atoms with Crippen LogP contribution in [0.3, 0.4) is 0 Å². The molecule has 5 rings (SSSR count). The first-order chi connectivity index (χ1) is 18.5. The molecule has 1 atom stereocenters. The minimum Gasteiger partial charge on any atom is -0.490 e. The lowest BCUT2D eigenvalue weighted by molar-refractivity contribution is -0.160. The number of hydrogen-bond acceptors (Lipinski definition) is 5. The number of carboxylic acids is 1. The number of carboxylic acid groups (broad SMARTS) is 1. The van der Waals surface area contributed by atoms with Crippen molar-refractivity contribution in [3.8, 4) is 16.9 Å². The van der Waals surface area contributed by atoms with Crippen molar-refractivity contribution in [1.29, 1.82) is 0 Å². The number of aliphatic carboxylic acids is 1. The highest BCUT2D eigenvalue weighted by Gasteiger charge is 2.34. The summed E-state index contributed by atoms with van der Waals surface area (Å²) in [5.74, 6) is -1.21. The standard InChI is InChI=1S/C31H40FN3O4/c1-18-21-11-10-14-38-27(21)24(32)16-22(18)26-23-15-20(17-35-12-8-7-9-13-35)34(6)29(23)33-19(2)25(26)28(30(36)37)39-31(3,4)5/h15-16,28H,7-14,17H2,1-6H3,(H,36,37)/t28-/m0/s1. The quantitative estimate of drug-likeness (QED) is 0.401. The van der Waals surface area contributed by atoms with Crippen LogP contribution in [0.5, 0.6) is 5.75 Å². The van der Waals surface area contributed by atoms with Gasteiger partial charge in [0.1, 0.15) is 5.65 Å². The van der Waals surface area contributed by atoms with E-state index in [1.807, 2.05) is 41.7 Å². The highest BCUT2D eigenvalue weighted by Crippen LogP contribution is 2.44. The molecule has 1 fully saturated rings. The maximum atomic E-state index is 15.6. The number of piperidine rings is 1. The van der Waals surface area contributed by atoms with Crippen molar-refractivity contribution in [1.82, 2.24) is 14.5 Å². The number of likely N-dealkylation sites (tertiary alicyclic amines) is 1. The Morgan fingerprint density at radius 1 is 1.18 bits per heavy atom. The molecule has 0 amide bonds. The number of fused-ring (bicyclic) bond motifs is 2. The van der Waals surface area contributed by atoms with Crippen LogP contribution in [0.4, 0.5) is 4.39 Å². The summed E-state index contributed by atoms with van der Waals surface area (Å²) in [7, 11) is 2.01. The number of aryl methyl sites for hydroxylation is 2. The summed E-state index contributed by atoms with van der Waals surface area (Å²) in [6.07, 6.45) is 3.90. The van der Waals surface area contributed by atoms with Crippen molar-refractivity contribution in [3.63, 3.8) is 0 Å². The molecule has 2 aromatic heterocycles. The normalized spacial score (nSPS) is 17.2. The van der Waals surface area contributed by atoms with Gasteiger partial charge in [-0.25, -0.2) is 14.2 Å². The Morgan fingerprint density at radius 2 is 1.90 bits per heavy atom. The largest absolute Gasteiger partial charge is 0.490 e. The number of ether oxygens (including phenoxy) is 2. The first-order valence-corrected chi connectivity index (χ1v) is 14.0. The fourth-order valence-electron chi connectivity index (χ4n) is 6.12. The van der Waals surface area contributed by atoms with Gasteiger partial charge in [0.2, 0.25) is 0 Å². The predicted octanol–water partition coefficient (Wildman–Crippen LogP) is 6.25. The molecule has 7 nitrogen and oxygen atoms in total. The van der Waals surface area contributed by atoms with E-state index in [9.17, 15) is 9.90 Å². The Hall–Kier alpha value is -2.97. The van der Waals surface area contributed by atoms with Crippen molar-refractivity contribution in [2.24, 2.45) is 7.05 Å². The van der Waals surface area contributed by atoms with E-state index in [-0.39, 0.29) is 0 Å². The number of nitrogens with zero attached hydrogens (tertiary/aromatic N) is 3. The molecule has 4 heterocycles. The second kappa shape index (κ2) is 10.5. The molecular weight excluding hydrogens is 497 g/mol. The van der Waals surface area contributed by atoms with Crippen LogP contribution < -0.4 is 4.74 Å². The van der Waals surface area contributed by atoms with Gasteiger partial charge in [0.15, 0.2) is 17.7 Å². The molecule has 2 aliphatic rings. The molecule has 1 N–H and O–H groups in total. The van der Waals surface area contributed by atoms with E-state index in [2.05, 4.69) is 15.5 Å². The highest BCUT2D eigenvalue weighted by molar-refractivity contribution is 5.99. The summed E-state index contributed by atoms with van der Waals surface area (Å²) >= 11 is 0. The van der Waals surface area contributed by atoms with E-state index in [0.717, 1.165) is 53.9 Å². The first-order valence-electron chi connectivity index (χ1n) is 14.0. The van der Waals surface area contributed by atoms with Gasteiger partial charge in [0, 0.05) is 47.1 Å². The van der Waals surface area contributed by atoms with Gasteiger partial charge in [-0.3, -0.25) is 4.90 Å². The molecule has 210 valence electrons. The SMILES string of the molecule is Cc1nc2c(cc(CN3CCCCC3)n2C)c(-c2cc(F)c3c(c2C)CCCO3)c1[C@H](OC(C)(C)C)C(=O)O. The van der Waals surface area contributed by atoms with Gasteiger partial charge in [-0.1, -0.05) is 6.42 Å². The van der Waals surface area contributed by atoms with Gasteiger partial charge < -0.3 is 19.1 Å². The molecule has 0 bridgehead atoms. The van der Waals surface area contributed by atoms with Crippen LogP contribution in [0.2, 0.25) is 0 Å². The maximum Gasteiger partial charge on any atom is 0.337 e. The Labute approximate surface area is 229 Å². The molecule has 0 spiro atoms. The Morgan fingerprint density at radius 3 is 2.56 bits per heavy atom. The molecule has 0 unspecified atom stereocenters. The number of aromatic nitrogens is 2. The Bertz CT molecular complexity index is 1420. The second-order valence-electron chi connectivity index (χ2n) is 12.0. The van der Waals surface area contributed by atoms with Crippen LogP contribution in [0.1, 0.15) is 80.6 Å². The van der Waals surface area contributed by atoms with E-state index in [1.54, 1.807) is 0 Å². The van der Waals surface area contributed by atoms with Gasteiger partial charge in [-0.15, -0.1) is 0 Å². The zero-order valence-corrected chi connectivity index (χ0v) is 24.0. The van der Waals surface area contributed by atoms with Crippen LogP contribution >= 0.6 is 0 Å². The number of carbonyl (C=O) groups is 1. The van der Waals surface area contributed by atoms with Crippen LogP contribution in [-0.2, 0) is 29.5 Å². The van der Waals surface area contributed by atoms with E-state index in [0.29, 0.717) is 41.2 Å². The summed E-state index contributed by atoms with van der Waals surface area (Å²) in [5, 5.41) is 11.2. The zero-order valence-electron chi connectivity index (χ0n) is 24.0. The minimum absolute atomic E-state index is 0.311. The van der Waals surface area contributed by atoms with Crippen LogP contribution in [0.25, 0.3) is 22.2 Å². The molecule has 3 aromatic rings. The zero-order chi connectivity index (χ0) is 28.1. The van der Waals surface area contributed by atoms with E-state index >= 15 is 4.39 Å². The number of hydrogen-bond donors (Lipinski definition) is 1. The van der Waals surface area contributed by atoms with Crippen molar-refractivity contribution in [2.45, 2.75) is 85.0 Å². The second-order valence-corrected chi connectivity index (χ2v) is 12.0. The third-order valence-corrected chi connectivity index (χ3v) is 8.00. The van der Waals surface area contributed by atoms with E-state index in [1.165, 1.54) is 25.3 Å². The molecule has 39 heavy (non-hydrogen) atoms. The van der Waals surface area contributed by atoms with Gasteiger partial charge in [-0.2, -0.15) is 0 Å². The summed E-state index contributed by atoms with van der Waals surface area (Å²) in [4.78, 5) is 20.1. The van der Waals surface area contributed by atoms with Crippen molar-refractivity contribution >= 4 is 17.0 Å². The van der Waals surface area contributed by atoms with Gasteiger partial charge in [0.25, 0.3) is 0 Å². The molecule has 1 saturated heterocycles. The summed E-state index contributed by atoms with van der Waals surface area (Å²) in [5.41, 5.74) is 5.26. The van der Waals surface area contributed by atoms with Crippen LogP contribution in [0, 0.1) is 19.7 Å². The Balaban J connectivity index is 1.80. The topological polar surface area (TPSA) is 76.8 Å². The lowest BCUT2D eigenvalue weighted by Gasteiger charge is -2.29. The Kier molecular flexibility index (Phi) is 7.46. The predicted molar refractivity (Wildman–Crippen MR) is 150 cm³/mol. The van der Waals surface area contributed by atoms with E-state index < -0.39 is 23.5 Å². The molecule has 8 heteroatoms.